The highest BCUT2D eigenvalue weighted by Gasteiger charge is 2.06. The summed E-state index contributed by atoms with van der Waals surface area (Å²) < 4.78 is 2.06. The Morgan fingerprint density at radius 3 is 2.83 bits per heavy atom. The molecule has 0 aliphatic heterocycles. The van der Waals surface area contributed by atoms with Crippen LogP contribution >= 0.6 is 15.9 Å². The normalized spacial score (nSPS) is 13.2. The van der Waals surface area contributed by atoms with Crippen molar-refractivity contribution in [2.45, 2.75) is 26.8 Å². The maximum Gasteiger partial charge on any atom is 0.0492 e. The second-order valence-corrected chi connectivity index (χ2v) is 3.73. The van der Waals surface area contributed by atoms with Crippen molar-refractivity contribution < 1.29 is 0 Å². The Kier molecular flexibility index (Phi) is 3.79. The predicted molar refractivity (Wildman–Crippen MR) is 54.5 cm³/mol. The van der Waals surface area contributed by atoms with Crippen molar-refractivity contribution in [1.29, 1.82) is 0 Å². The number of aromatic nitrogens is 2. The monoisotopic (exact) mass is 230 g/mol. The van der Waals surface area contributed by atoms with E-state index in [2.05, 4.69) is 39.6 Å². The minimum absolute atomic E-state index is 0.698. The summed E-state index contributed by atoms with van der Waals surface area (Å²) in [6.45, 7) is 5.33. The largest absolute Gasteiger partial charge is 0.270 e. The Morgan fingerprint density at radius 1 is 1.67 bits per heavy atom. The third-order valence-corrected chi connectivity index (χ3v) is 3.07. The van der Waals surface area contributed by atoms with Crippen LogP contribution in [0, 0.1) is 12.8 Å². The molecule has 0 aliphatic carbocycles. The molecule has 1 aromatic heterocycles. The molecule has 0 fully saturated rings. The Morgan fingerprint density at radius 2 is 2.42 bits per heavy atom. The Bertz CT molecular complexity index is 228. The van der Waals surface area contributed by atoms with Crippen LogP contribution in [-0.2, 0) is 6.54 Å². The molecule has 1 unspecified atom stereocenters. The molecule has 2 nitrogen and oxygen atoms in total. The van der Waals surface area contributed by atoms with Crippen molar-refractivity contribution in [3.63, 3.8) is 0 Å². The first-order valence-electron chi connectivity index (χ1n) is 4.32. The van der Waals surface area contributed by atoms with Crippen LogP contribution in [0.5, 0.6) is 0 Å². The predicted octanol–water partition coefficient (Wildman–Crippen LogP) is 2.61. The Balaban J connectivity index is 2.56. The quantitative estimate of drug-likeness (QED) is 0.728. The molecule has 0 amide bonds. The summed E-state index contributed by atoms with van der Waals surface area (Å²) in [4.78, 5) is 0. The van der Waals surface area contributed by atoms with Crippen molar-refractivity contribution in [3.05, 3.63) is 18.0 Å². The van der Waals surface area contributed by atoms with Crippen molar-refractivity contribution in [1.82, 2.24) is 9.78 Å². The number of aryl methyl sites for hydroxylation is 1. The van der Waals surface area contributed by atoms with Crippen molar-refractivity contribution in [3.8, 4) is 0 Å². The summed E-state index contributed by atoms with van der Waals surface area (Å²) in [7, 11) is 0. The molecule has 0 saturated carbocycles. The molecule has 1 rings (SSSR count). The van der Waals surface area contributed by atoms with Crippen LogP contribution in [0.2, 0.25) is 0 Å². The van der Waals surface area contributed by atoms with Gasteiger partial charge in [0, 0.05) is 23.8 Å². The van der Waals surface area contributed by atoms with Gasteiger partial charge in [0.1, 0.15) is 0 Å². The van der Waals surface area contributed by atoms with Crippen LogP contribution < -0.4 is 0 Å². The van der Waals surface area contributed by atoms with Crippen molar-refractivity contribution >= 4 is 15.9 Å². The van der Waals surface area contributed by atoms with E-state index in [9.17, 15) is 0 Å². The van der Waals surface area contributed by atoms with Gasteiger partial charge in [0.05, 0.1) is 0 Å². The standard InChI is InChI=1S/C9H15BrN2/c1-3-9(6-10)7-12-8(2)4-5-11-12/h4-5,9H,3,6-7H2,1-2H3. The first-order chi connectivity index (χ1) is 5.77. The van der Waals surface area contributed by atoms with Gasteiger partial charge in [-0.2, -0.15) is 5.10 Å². The van der Waals surface area contributed by atoms with Gasteiger partial charge in [0.15, 0.2) is 0 Å². The minimum atomic E-state index is 0.698. The first-order valence-corrected chi connectivity index (χ1v) is 5.44. The van der Waals surface area contributed by atoms with Crippen LogP contribution in [0.4, 0.5) is 0 Å². The highest BCUT2D eigenvalue weighted by molar-refractivity contribution is 9.09. The minimum Gasteiger partial charge on any atom is -0.270 e. The van der Waals surface area contributed by atoms with Crippen LogP contribution in [0.3, 0.4) is 0 Å². The molecule has 0 radical (unpaired) electrons. The fourth-order valence-electron chi connectivity index (χ4n) is 1.12. The van der Waals surface area contributed by atoms with E-state index in [1.165, 1.54) is 12.1 Å². The second kappa shape index (κ2) is 4.65. The fraction of sp³-hybridized carbons (Fsp3) is 0.667. The number of hydrogen-bond donors (Lipinski definition) is 0. The Labute approximate surface area is 82.1 Å². The average Bonchev–Trinajstić information content (AvgIpc) is 2.47. The van der Waals surface area contributed by atoms with E-state index in [0.29, 0.717) is 5.92 Å². The zero-order chi connectivity index (χ0) is 8.97. The molecule has 1 heterocycles. The lowest BCUT2D eigenvalue weighted by atomic mass is 10.1. The number of halogens is 1. The summed E-state index contributed by atoms with van der Waals surface area (Å²) in [5.41, 5.74) is 1.24. The molecule has 1 aromatic rings. The van der Waals surface area contributed by atoms with Gasteiger partial charge in [-0.25, -0.2) is 0 Å². The summed E-state index contributed by atoms with van der Waals surface area (Å²) in [5.74, 6) is 0.698. The zero-order valence-corrected chi connectivity index (χ0v) is 9.21. The SMILES string of the molecule is CCC(CBr)Cn1nccc1C. The molecule has 0 N–H and O–H groups in total. The van der Waals surface area contributed by atoms with Gasteiger partial charge in [-0.1, -0.05) is 29.3 Å². The number of nitrogens with zero attached hydrogens (tertiary/aromatic N) is 2. The van der Waals surface area contributed by atoms with Gasteiger partial charge in [0.25, 0.3) is 0 Å². The molecular formula is C9H15BrN2. The van der Waals surface area contributed by atoms with Gasteiger partial charge in [-0.05, 0) is 18.9 Å². The van der Waals surface area contributed by atoms with E-state index in [4.69, 9.17) is 0 Å². The first kappa shape index (κ1) is 9.78. The van der Waals surface area contributed by atoms with Gasteiger partial charge in [-0.15, -0.1) is 0 Å². The number of alkyl halides is 1. The van der Waals surface area contributed by atoms with E-state index >= 15 is 0 Å². The third kappa shape index (κ3) is 2.34. The van der Waals surface area contributed by atoms with Gasteiger partial charge in [0.2, 0.25) is 0 Å². The molecule has 0 aliphatic rings. The topological polar surface area (TPSA) is 17.8 Å². The maximum atomic E-state index is 4.25. The molecule has 0 saturated heterocycles. The Hall–Kier alpha value is -0.310. The molecular weight excluding hydrogens is 216 g/mol. The van der Waals surface area contributed by atoms with E-state index in [0.717, 1.165) is 11.9 Å². The molecule has 3 heteroatoms. The van der Waals surface area contributed by atoms with Crippen LogP contribution in [0.1, 0.15) is 19.0 Å². The lowest BCUT2D eigenvalue weighted by Gasteiger charge is -2.12. The molecule has 1 atom stereocenters. The molecule has 68 valence electrons. The molecule has 0 spiro atoms. The van der Waals surface area contributed by atoms with Crippen molar-refractivity contribution in [2.75, 3.05) is 5.33 Å². The lowest BCUT2D eigenvalue weighted by molar-refractivity contribution is 0.441. The third-order valence-electron chi connectivity index (χ3n) is 2.16. The lowest BCUT2D eigenvalue weighted by Crippen LogP contribution is -2.13. The smallest absolute Gasteiger partial charge is 0.0492 e. The number of hydrogen-bond acceptors (Lipinski definition) is 1. The molecule has 0 bridgehead atoms. The van der Waals surface area contributed by atoms with Gasteiger partial charge < -0.3 is 0 Å². The highest BCUT2D eigenvalue weighted by atomic mass is 79.9. The highest BCUT2D eigenvalue weighted by Crippen LogP contribution is 2.10. The fourth-order valence-corrected chi connectivity index (χ4v) is 1.78. The van der Waals surface area contributed by atoms with E-state index < -0.39 is 0 Å². The summed E-state index contributed by atoms with van der Waals surface area (Å²) in [6.07, 6.45) is 3.06. The van der Waals surface area contributed by atoms with Crippen LogP contribution in [0.25, 0.3) is 0 Å². The van der Waals surface area contributed by atoms with E-state index in [1.807, 2.05) is 12.3 Å². The second-order valence-electron chi connectivity index (χ2n) is 3.08. The summed E-state index contributed by atoms with van der Waals surface area (Å²) in [6, 6.07) is 2.04. The maximum absolute atomic E-state index is 4.25. The van der Waals surface area contributed by atoms with Crippen LogP contribution in [0.15, 0.2) is 12.3 Å². The molecule has 0 aromatic carbocycles. The van der Waals surface area contributed by atoms with Gasteiger partial charge >= 0.3 is 0 Å². The van der Waals surface area contributed by atoms with E-state index in [1.54, 1.807) is 0 Å². The van der Waals surface area contributed by atoms with Crippen LogP contribution in [-0.4, -0.2) is 15.1 Å². The molecule has 12 heavy (non-hydrogen) atoms. The number of rotatable bonds is 4. The average molecular weight is 231 g/mol. The van der Waals surface area contributed by atoms with E-state index in [-0.39, 0.29) is 0 Å². The summed E-state index contributed by atoms with van der Waals surface area (Å²) in [5, 5.41) is 5.31. The van der Waals surface area contributed by atoms with Crippen molar-refractivity contribution in [2.24, 2.45) is 5.92 Å². The van der Waals surface area contributed by atoms with Gasteiger partial charge in [-0.3, -0.25) is 4.68 Å². The zero-order valence-electron chi connectivity index (χ0n) is 7.63. The summed E-state index contributed by atoms with van der Waals surface area (Å²) >= 11 is 3.51.